The highest BCUT2D eigenvalue weighted by atomic mass is 16.6. The largest absolute Gasteiger partial charge is 0.464 e. The average Bonchev–Trinajstić information content (AvgIpc) is 2.77. The van der Waals surface area contributed by atoms with E-state index in [1.807, 2.05) is 6.07 Å². The van der Waals surface area contributed by atoms with Crippen molar-refractivity contribution in [2.75, 3.05) is 6.61 Å². The number of rotatable bonds is 3. The monoisotopic (exact) mass is 280 g/mol. The summed E-state index contributed by atoms with van der Waals surface area (Å²) in [5.41, 5.74) is -0.301. The van der Waals surface area contributed by atoms with Crippen molar-refractivity contribution in [1.29, 1.82) is 5.26 Å². The Balaban J connectivity index is 2.82. The van der Waals surface area contributed by atoms with Gasteiger partial charge in [0.2, 0.25) is 0 Å². The molecule has 0 radical (unpaired) electrons. The molecule has 1 aliphatic rings. The highest BCUT2D eigenvalue weighted by Crippen LogP contribution is 2.22. The molecular weight excluding hydrogens is 260 g/mol. The molecular formula is C14H20N2O4. The van der Waals surface area contributed by atoms with Crippen LogP contribution in [0.25, 0.3) is 0 Å². The lowest BCUT2D eigenvalue weighted by Gasteiger charge is -2.19. The number of nitriles is 1. The molecule has 1 atom stereocenters. The first-order valence-corrected chi connectivity index (χ1v) is 6.58. The average molecular weight is 280 g/mol. The molecule has 1 heterocycles. The second kappa shape index (κ2) is 6.42. The Labute approximate surface area is 118 Å². The van der Waals surface area contributed by atoms with Crippen LogP contribution in [0.2, 0.25) is 0 Å². The molecule has 1 N–H and O–H groups in total. The van der Waals surface area contributed by atoms with E-state index >= 15 is 0 Å². The van der Waals surface area contributed by atoms with Gasteiger partial charge in [0.1, 0.15) is 17.7 Å². The zero-order valence-electron chi connectivity index (χ0n) is 12.3. The third-order valence-electron chi connectivity index (χ3n) is 2.62. The highest BCUT2D eigenvalue weighted by molar-refractivity contribution is 5.94. The van der Waals surface area contributed by atoms with Gasteiger partial charge in [0.15, 0.2) is 5.57 Å². The van der Waals surface area contributed by atoms with Crippen LogP contribution in [-0.4, -0.2) is 30.2 Å². The first-order valence-electron chi connectivity index (χ1n) is 6.58. The summed E-state index contributed by atoms with van der Waals surface area (Å²) < 4.78 is 10.1. The van der Waals surface area contributed by atoms with Gasteiger partial charge in [-0.2, -0.15) is 5.26 Å². The lowest BCUT2D eigenvalue weighted by Crippen LogP contribution is -2.33. The van der Waals surface area contributed by atoms with E-state index in [1.54, 1.807) is 27.7 Å². The predicted octanol–water partition coefficient (Wildman–Crippen LogP) is 1.42. The first-order chi connectivity index (χ1) is 9.28. The molecule has 0 amide bonds. The number of ether oxygens (including phenoxy) is 2. The Kier molecular flexibility index (Phi) is 5.14. The zero-order chi connectivity index (χ0) is 15.3. The summed E-state index contributed by atoms with van der Waals surface area (Å²) in [7, 11) is 0. The van der Waals surface area contributed by atoms with E-state index in [1.165, 1.54) is 0 Å². The molecule has 1 aliphatic heterocycles. The van der Waals surface area contributed by atoms with Crippen molar-refractivity contribution in [2.24, 2.45) is 0 Å². The van der Waals surface area contributed by atoms with Gasteiger partial charge in [0, 0.05) is 5.70 Å². The summed E-state index contributed by atoms with van der Waals surface area (Å²) in [6.07, 6.45) is 0.952. The molecule has 0 spiro atoms. The maximum Gasteiger partial charge on any atom is 0.351 e. The van der Waals surface area contributed by atoms with Crippen LogP contribution >= 0.6 is 0 Å². The van der Waals surface area contributed by atoms with Gasteiger partial charge in [0.25, 0.3) is 0 Å². The molecule has 110 valence electrons. The summed E-state index contributed by atoms with van der Waals surface area (Å²) in [6.45, 7) is 7.22. The second-order valence-corrected chi connectivity index (χ2v) is 5.45. The molecule has 0 aromatic carbocycles. The molecule has 0 bridgehead atoms. The Bertz CT molecular complexity index is 469. The fraction of sp³-hybridized carbons (Fsp3) is 0.643. The smallest absolute Gasteiger partial charge is 0.351 e. The standard InChI is InChI=1S/C14H20N2O4/c1-5-19-13(18)11-7-6-10(16-11)9(8-15)12(17)20-14(2,3)4/h11,16H,5-7H2,1-4H3/b10-9-. The van der Waals surface area contributed by atoms with E-state index < -0.39 is 17.6 Å². The van der Waals surface area contributed by atoms with E-state index in [4.69, 9.17) is 14.7 Å². The molecule has 0 aliphatic carbocycles. The minimum Gasteiger partial charge on any atom is -0.464 e. The van der Waals surface area contributed by atoms with Crippen molar-refractivity contribution >= 4 is 11.9 Å². The van der Waals surface area contributed by atoms with Crippen LogP contribution in [0.4, 0.5) is 0 Å². The Morgan fingerprint density at radius 2 is 2.10 bits per heavy atom. The number of carbonyl (C=O) groups excluding carboxylic acids is 2. The van der Waals surface area contributed by atoms with Crippen molar-refractivity contribution in [1.82, 2.24) is 5.32 Å². The van der Waals surface area contributed by atoms with Gasteiger partial charge in [-0.1, -0.05) is 0 Å². The van der Waals surface area contributed by atoms with Crippen LogP contribution in [0.5, 0.6) is 0 Å². The minimum absolute atomic E-state index is 0.0771. The van der Waals surface area contributed by atoms with Gasteiger partial charge in [0.05, 0.1) is 6.61 Å². The van der Waals surface area contributed by atoms with E-state index in [0.717, 1.165) is 0 Å². The summed E-state index contributed by atoms with van der Waals surface area (Å²) in [6, 6.07) is 1.34. The van der Waals surface area contributed by atoms with Gasteiger partial charge in [-0.25, -0.2) is 9.59 Å². The molecule has 0 saturated carbocycles. The lowest BCUT2D eigenvalue weighted by molar-refractivity contribution is -0.149. The molecule has 1 saturated heterocycles. The second-order valence-electron chi connectivity index (χ2n) is 5.45. The zero-order valence-corrected chi connectivity index (χ0v) is 12.3. The summed E-state index contributed by atoms with van der Waals surface area (Å²) in [4.78, 5) is 23.5. The maximum atomic E-state index is 11.9. The fourth-order valence-corrected chi connectivity index (χ4v) is 1.83. The summed E-state index contributed by atoms with van der Waals surface area (Å²) in [5.74, 6) is -1.05. The molecule has 1 rings (SSSR count). The van der Waals surface area contributed by atoms with Gasteiger partial charge >= 0.3 is 11.9 Å². The van der Waals surface area contributed by atoms with Gasteiger partial charge in [-0.05, 0) is 40.5 Å². The number of esters is 2. The molecule has 6 nitrogen and oxygen atoms in total. The topological polar surface area (TPSA) is 88.4 Å². The number of nitrogens with zero attached hydrogens (tertiary/aromatic N) is 1. The number of carbonyl (C=O) groups is 2. The number of hydrogen-bond donors (Lipinski definition) is 1. The Morgan fingerprint density at radius 1 is 1.45 bits per heavy atom. The van der Waals surface area contributed by atoms with Gasteiger partial charge in [-0.3, -0.25) is 0 Å². The molecule has 0 aromatic rings. The molecule has 1 fully saturated rings. The molecule has 1 unspecified atom stereocenters. The van der Waals surface area contributed by atoms with Crippen LogP contribution < -0.4 is 5.32 Å². The van der Waals surface area contributed by atoms with Crippen molar-refractivity contribution in [3.63, 3.8) is 0 Å². The third-order valence-corrected chi connectivity index (χ3v) is 2.62. The molecule has 20 heavy (non-hydrogen) atoms. The maximum absolute atomic E-state index is 11.9. The molecule has 0 aromatic heterocycles. The summed E-state index contributed by atoms with van der Waals surface area (Å²) >= 11 is 0. The number of allylic oxidation sites excluding steroid dienone is 1. The lowest BCUT2D eigenvalue weighted by atomic mass is 10.1. The van der Waals surface area contributed by atoms with E-state index in [0.29, 0.717) is 25.1 Å². The summed E-state index contributed by atoms with van der Waals surface area (Å²) in [5, 5.41) is 12.0. The quantitative estimate of drug-likeness (QED) is 0.478. The fourth-order valence-electron chi connectivity index (χ4n) is 1.83. The van der Waals surface area contributed by atoms with Gasteiger partial charge < -0.3 is 14.8 Å². The predicted molar refractivity (Wildman–Crippen MR) is 71.3 cm³/mol. The van der Waals surface area contributed by atoms with Gasteiger partial charge in [-0.15, -0.1) is 0 Å². The first kappa shape index (κ1) is 16.0. The SMILES string of the molecule is CCOC(=O)C1CC/C(=C(\C#N)C(=O)OC(C)(C)C)N1. The number of nitrogens with one attached hydrogen (secondary N) is 1. The van der Waals surface area contributed by atoms with Crippen LogP contribution in [0.1, 0.15) is 40.5 Å². The van der Waals surface area contributed by atoms with Crippen LogP contribution in [0, 0.1) is 11.3 Å². The minimum atomic E-state index is -0.674. The Morgan fingerprint density at radius 3 is 2.60 bits per heavy atom. The van der Waals surface area contributed by atoms with Crippen LogP contribution in [-0.2, 0) is 19.1 Å². The third kappa shape index (κ3) is 4.26. The Hall–Kier alpha value is -2.03. The van der Waals surface area contributed by atoms with Crippen molar-refractivity contribution in [2.45, 2.75) is 52.2 Å². The van der Waals surface area contributed by atoms with Crippen molar-refractivity contribution < 1.29 is 19.1 Å². The van der Waals surface area contributed by atoms with Crippen LogP contribution in [0.3, 0.4) is 0 Å². The number of hydrogen-bond acceptors (Lipinski definition) is 6. The van der Waals surface area contributed by atoms with Crippen molar-refractivity contribution in [3.05, 3.63) is 11.3 Å². The van der Waals surface area contributed by atoms with E-state index in [9.17, 15) is 9.59 Å². The van der Waals surface area contributed by atoms with Crippen molar-refractivity contribution in [3.8, 4) is 6.07 Å². The highest BCUT2D eigenvalue weighted by Gasteiger charge is 2.31. The normalized spacial score (nSPS) is 20.6. The van der Waals surface area contributed by atoms with E-state index in [-0.39, 0.29) is 11.5 Å². The van der Waals surface area contributed by atoms with Crippen LogP contribution in [0.15, 0.2) is 11.3 Å². The molecule has 6 heteroatoms. The van der Waals surface area contributed by atoms with E-state index in [2.05, 4.69) is 5.32 Å².